The minimum atomic E-state index is -3.20. The highest BCUT2D eigenvalue weighted by atomic mass is 35.5. The molecule has 0 radical (unpaired) electrons. The number of anilines is 2. The van der Waals surface area contributed by atoms with E-state index in [0.717, 1.165) is 6.42 Å². The molecule has 0 aromatic heterocycles. The Bertz CT molecular complexity index is 595. The highest BCUT2D eigenvalue weighted by Gasteiger charge is 2.15. The maximum absolute atomic E-state index is 11.8. The van der Waals surface area contributed by atoms with E-state index in [4.69, 9.17) is 28.9 Å². The van der Waals surface area contributed by atoms with Crippen LogP contribution in [0.1, 0.15) is 26.2 Å². The van der Waals surface area contributed by atoms with Crippen molar-refractivity contribution in [1.82, 2.24) is 0 Å². The molecular weight excluding hydrogens is 335 g/mol. The zero-order valence-electron chi connectivity index (χ0n) is 11.7. The lowest BCUT2D eigenvalue weighted by atomic mass is 10.2. The van der Waals surface area contributed by atoms with E-state index < -0.39 is 15.7 Å². The first-order valence-corrected chi connectivity index (χ1v) is 9.07. The SMILES string of the molecule is CCCCS(=O)(=O)CCC(=O)Nc1c(N)cc(Cl)cc1Cl. The number of halogens is 2. The van der Waals surface area contributed by atoms with Gasteiger partial charge in [-0.3, -0.25) is 4.79 Å². The van der Waals surface area contributed by atoms with Crippen LogP contribution in [0, 0.1) is 0 Å². The second-order valence-corrected chi connectivity index (χ2v) is 7.80. The minimum Gasteiger partial charge on any atom is -0.397 e. The van der Waals surface area contributed by atoms with Crippen molar-refractivity contribution >= 4 is 50.3 Å². The van der Waals surface area contributed by atoms with E-state index in [9.17, 15) is 13.2 Å². The number of carbonyl (C=O) groups is 1. The number of rotatable bonds is 7. The predicted octanol–water partition coefficient (Wildman–Crippen LogP) is 3.12. The van der Waals surface area contributed by atoms with Gasteiger partial charge in [0.2, 0.25) is 5.91 Å². The van der Waals surface area contributed by atoms with Crippen LogP contribution in [0.15, 0.2) is 12.1 Å². The van der Waals surface area contributed by atoms with Crippen LogP contribution in [0.5, 0.6) is 0 Å². The molecule has 21 heavy (non-hydrogen) atoms. The van der Waals surface area contributed by atoms with Crippen LogP contribution in [0.4, 0.5) is 11.4 Å². The lowest BCUT2D eigenvalue weighted by molar-refractivity contribution is -0.115. The monoisotopic (exact) mass is 352 g/mol. The summed E-state index contributed by atoms with van der Waals surface area (Å²) in [5.41, 5.74) is 6.19. The zero-order chi connectivity index (χ0) is 16.0. The van der Waals surface area contributed by atoms with E-state index in [1.54, 1.807) is 0 Å². The van der Waals surface area contributed by atoms with Crippen molar-refractivity contribution < 1.29 is 13.2 Å². The summed E-state index contributed by atoms with van der Waals surface area (Å²) >= 11 is 11.7. The predicted molar refractivity (Wildman–Crippen MR) is 87.7 cm³/mol. The molecule has 1 rings (SSSR count). The summed E-state index contributed by atoms with van der Waals surface area (Å²) in [7, 11) is -3.20. The molecule has 8 heteroatoms. The molecule has 0 aliphatic heterocycles. The molecule has 0 atom stereocenters. The van der Waals surface area contributed by atoms with Crippen molar-refractivity contribution in [1.29, 1.82) is 0 Å². The first-order chi connectivity index (χ1) is 9.75. The number of nitrogens with two attached hydrogens (primary N) is 1. The lowest BCUT2D eigenvalue weighted by Gasteiger charge is -2.11. The number of unbranched alkanes of at least 4 members (excludes halogenated alkanes) is 1. The summed E-state index contributed by atoms with van der Waals surface area (Å²) < 4.78 is 23.4. The second kappa shape index (κ2) is 7.87. The molecule has 1 amide bonds. The van der Waals surface area contributed by atoms with E-state index in [0.29, 0.717) is 11.4 Å². The molecule has 118 valence electrons. The van der Waals surface area contributed by atoms with Crippen LogP contribution >= 0.6 is 23.2 Å². The Kier molecular flexibility index (Phi) is 6.77. The number of hydrogen-bond donors (Lipinski definition) is 2. The topological polar surface area (TPSA) is 89.3 Å². The Balaban J connectivity index is 2.63. The Morgan fingerprint density at radius 2 is 1.95 bits per heavy atom. The van der Waals surface area contributed by atoms with Gasteiger partial charge in [-0.25, -0.2) is 8.42 Å². The van der Waals surface area contributed by atoms with Crippen LogP contribution in [0.2, 0.25) is 10.0 Å². The molecule has 0 aliphatic rings. The molecule has 5 nitrogen and oxygen atoms in total. The minimum absolute atomic E-state index is 0.0978. The average molecular weight is 353 g/mol. The fraction of sp³-hybridized carbons (Fsp3) is 0.462. The number of hydrogen-bond acceptors (Lipinski definition) is 4. The van der Waals surface area contributed by atoms with Gasteiger partial charge in [0, 0.05) is 11.4 Å². The Morgan fingerprint density at radius 1 is 1.29 bits per heavy atom. The van der Waals surface area contributed by atoms with Crippen LogP contribution in [0.3, 0.4) is 0 Å². The summed E-state index contributed by atoms with van der Waals surface area (Å²) in [5.74, 6) is -0.545. The first-order valence-electron chi connectivity index (χ1n) is 6.50. The van der Waals surface area contributed by atoms with E-state index in [-0.39, 0.29) is 34.3 Å². The maximum atomic E-state index is 11.8. The smallest absolute Gasteiger partial charge is 0.225 e. The van der Waals surface area contributed by atoms with Crippen molar-refractivity contribution in [2.24, 2.45) is 0 Å². The molecule has 1 aromatic carbocycles. The van der Waals surface area contributed by atoms with Gasteiger partial charge < -0.3 is 11.1 Å². The van der Waals surface area contributed by atoms with Crippen LogP contribution in [-0.4, -0.2) is 25.8 Å². The van der Waals surface area contributed by atoms with Crippen LogP contribution in [-0.2, 0) is 14.6 Å². The second-order valence-electron chi connectivity index (χ2n) is 4.66. The van der Waals surface area contributed by atoms with Crippen molar-refractivity contribution in [2.75, 3.05) is 22.6 Å². The number of benzene rings is 1. The fourth-order valence-corrected chi connectivity index (χ4v) is 3.63. The number of carbonyl (C=O) groups excluding carboxylic acids is 1. The third kappa shape index (κ3) is 6.11. The largest absolute Gasteiger partial charge is 0.397 e. The standard InChI is InChI=1S/C13H18Cl2N2O3S/c1-2-3-5-21(19,20)6-4-12(18)17-13-10(15)7-9(14)8-11(13)16/h7-8H,2-6,16H2,1H3,(H,17,18). The van der Waals surface area contributed by atoms with Gasteiger partial charge in [-0.05, 0) is 18.6 Å². The Labute approximate surface area is 134 Å². The maximum Gasteiger partial charge on any atom is 0.225 e. The molecule has 0 heterocycles. The molecule has 3 N–H and O–H groups in total. The molecule has 0 saturated heterocycles. The first kappa shape index (κ1) is 18.1. The van der Waals surface area contributed by atoms with Crippen molar-refractivity contribution in [2.45, 2.75) is 26.2 Å². The summed E-state index contributed by atoms with van der Waals surface area (Å²) in [5, 5.41) is 3.08. The summed E-state index contributed by atoms with van der Waals surface area (Å²) in [6, 6.07) is 2.91. The van der Waals surface area contributed by atoms with Gasteiger partial charge in [0.1, 0.15) is 0 Å². The molecular formula is C13H18Cl2N2O3S. The van der Waals surface area contributed by atoms with Gasteiger partial charge in [0.05, 0.1) is 27.9 Å². The Morgan fingerprint density at radius 3 is 2.52 bits per heavy atom. The quantitative estimate of drug-likeness (QED) is 0.737. The average Bonchev–Trinajstić information content (AvgIpc) is 2.38. The summed E-state index contributed by atoms with van der Waals surface area (Å²) in [6.07, 6.45) is 1.26. The van der Waals surface area contributed by atoms with Gasteiger partial charge >= 0.3 is 0 Å². The number of amides is 1. The molecule has 1 aromatic rings. The lowest BCUT2D eigenvalue weighted by Crippen LogP contribution is -2.19. The zero-order valence-corrected chi connectivity index (χ0v) is 14.0. The molecule has 0 spiro atoms. The van der Waals surface area contributed by atoms with E-state index >= 15 is 0 Å². The van der Waals surface area contributed by atoms with Crippen LogP contribution in [0.25, 0.3) is 0 Å². The van der Waals surface area contributed by atoms with Gasteiger partial charge in [-0.15, -0.1) is 0 Å². The van der Waals surface area contributed by atoms with E-state index in [1.165, 1.54) is 12.1 Å². The molecule has 0 aliphatic carbocycles. The highest BCUT2D eigenvalue weighted by Crippen LogP contribution is 2.32. The summed E-state index contributed by atoms with van der Waals surface area (Å²) in [4.78, 5) is 11.8. The van der Waals surface area contributed by atoms with E-state index in [2.05, 4.69) is 5.32 Å². The van der Waals surface area contributed by atoms with Gasteiger partial charge in [-0.2, -0.15) is 0 Å². The molecule has 0 saturated carbocycles. The van der Waals surface area contributed by atoms with Crippen molar-refractivity contribution in [3.05, 3.63) is 22.2 Å². The molecule has 0 bridgehead atoms. The molecule has 0 fully saturated rings. The Hall–Kier alpha value is -0.980. The third-order valence-corrected chi connectivity index (χ3v) is 5.05. The number of nitrogens with one attached hydrogen (secondary N) is 1. The fourth-order valence-electron chi connectivity index (χ4n) is 1.64. The van der Waals surface area contributed by atoms with Gasteiger partial charge in [-0.1, -0.05) is 36.5 Å². The molecule has 0 unspecified atom stereocenters. The van der Waals surface area contributed by atoms with Crippen molar-refractivity contribution in [3.63, 3.8) is 0 Å². The van der Waals surface area contributed by atoms with E-state index in [1.807, 2.05) is 6.92 Å². The third-order valence-electron chi connectivity index (χ3n) is 2.80. The van der Waals surface area contributed by atoms with Gasteiger partial charge in [0.15, 0.2) is 9.84 Å². The number of sulfone groups is 1. The summed E-state index contributed by atoms with van der Waals surface area (Å²) in [6.45, 7) is 1.91. The normalized spacial score (nSPS) is 11.4. The van der Waals surface area contributed by atoms with Crippen LogP contribution < -0.4 is 11.1 Å². The number of nitrogen functional groups attached to an aromatic ring is 1. The highest BCUT2D eigenvalue weighted by molar-refractivity contribution is 7.91. The van der Waals surface area contributed by atoms with Gasteiger partial charge in [0.25, 0.3) is 0 Å². The van der Waals surface area contributed by atoms with Crippen molar-refractivity contribution in [3.8, 4) is 0 Å².